The molecule has 0 radical (unpaired) electrons. The van der Waals surface area contributed by atoms with Crippen molar-refractivity contribution in [2.24, 2.45) is 0 Å². The van der Waals surface area contributed by atoms with Crippen LogP contribution in [0.25, 0.3) is 0 Å². The van der Waals surface area contributed by atoms with Gasteiger partial charge in [-0.1, -0.05) is 29.2 Å². The van der Waals surface area contributed by atoms with E-state index in [0.717, 1.165) is 17.1 Å². The zero-order valence-electron chi connectivity index (χ0n) is 14.5. The van der Waals surface area contributed by atoms with Crippen LogP contribution in [0.5, 0.6) is 5.75 Å². The number of nitrogens with one attached hydrogen (secondary N) is 1. The van der Waals surface area contributed by atoms with E-state index in [1.165, 1.54) is 34.4 Å². The molecule has 0 aliphatic rings. The molecule has 1 aromatic carbocycles. The number of Topliss-reactive ketones (excluding diaryl/α,β-unsaturated/α-hetero) is 1. The zero-order valence-corrected chi connectivity index (χ0v) is 17.0. The Morgan fingerprint density at radius 1 is 1.44 bits per heavy atom. The standard InChI is InChI=1S/C17H15N5O2S3/c1-10-8-25-15(19-10)13(7-18)14(23)9-26-17-22-21-16(27-17)20-11-4-3-5-12(6-11)24-2/h3-6,8,13H,9H2,1-2H3,(H,20,21). The van der Waals surface area contributed by atoms with Crippen molar-refractivity contribution in [1.29, 1.82) is 5.26 Å². The number of nitrogens with zero attached hydrogens (tertiary/aromatic N) is 4. The number of aryl methyl sites for hydroxylation is 1. The fourth-order valence-corrected chi connectivity index (χ4v) is 4.67. The molecule has 0 saturated carbocycles. The number of anilines is 2. The Bertz CT molecular complexity index is 979. The van der Waals surface area contributed by atoms with Crippen LogP contribution in [0.15, 0.2) is 34.0 Å². The molecule has 0 bridgehead atoms. The second-order valence-electron chi connectivity index (χ2n) is 5.37. The van der Waals surface area contributed by atoms with Crippen molar-refractivity contribution in [3.05, 3.63) is 40.3 Å². The predicted octanol–water partition coefficient (Wildman–Crippen LogP) is 4.02. The van der Waals surface area contributed by atoms with Crippen LogP contribution in [0.1, 0.15) is 16.6 Å². The average Bonchev–Trinajstić information content (AvgIpc) is 3.30. The molecule has 0 aliphatic carbocycles. The highest BCUT2D eigenvalue weighted by atomic mass is 32.2. The van der Waals surface area contributed by atoms with E-state index in [1.54, 1.807) is 7.11 Å². The van der Waals surface area contributed by atoms with E-state index in [0.29, 0.717) is 14.5 Å². The van der Waals surface area contributed by atoms with Gasteiger partial charge in [-0.3, -0.25) is 4.79 Å². The number of hydrogen-bond donors (Lipinski definition) is 1. The largest absolute Gasteiger partial charge is 0.497 e. The first-order chi connectivity index (χ1) is 13.1. The van der Waals surface area contributed by atoms with Gasteiger partial charge in [0.25, 0.3) is 0 Å². The van der Waals surface area contributed by atoms with Gasteiger partial charge in [0.2, 0.25) is 5.13 Å². The molecule has 3 rings (SSSR count). The molecule has 10 heteroatoms. The summed E-state index contributed by atoms with van der Waals surface area (Å²) in [6.07, 6.45) is 0. The Morgan fingerprint density at radius 3 is 3.00 bits per heavy atom. The van der Waals surface area contributed by atoms with Crippen LogP contribution in [0.3, 0.4) is 0 Å². The number of ether oxygens (including phenoxy) is 1. The van der Waals surface area contributed by atoms with Crippen LogP contribution in [0.2, 0.25) is 0 Å². The van der Waals surface area contributed by atoms with E-state index in [-0.39, 0.29) is 11.5 Å². The van der Waals surface area contributed by atoms with Gasteiger partial charge in [0.05, 0.1) is 18.9 Å². The van der Waals surface area contributed by atoms with Gasteiger partial charge >= 0.3 is 0 Å². The summed E-state index contributed by atoms with van der Waals surface area (Å²) in [6.45, 7) is 1.84. The summed E-state index contributed by atoms with van der Waals surface area (Å²) in [7, 11) is 1.61. The second kappa shape index (κ2) is 8.94. The number of aromatic nitrogens is 3. The number of rotatable bonds is 8. The first-order valence-electron chi connectivity index (χ1n) is 7.81. The van der Waals surface area contributed by atoms with Crippen LogP contribution in [0, 0.1) is 18.3 Å². The van der Waals surface area contributed by atoms with Gasteiger partial charge < -0.3 is 10.1 Å². The maximum Gasteiger partial charge on any atom is 0.210 e. The number of carbonyl (C=O) groups is 1. The number of thioether (sulfide) groups is 1. The van der Waals surface area contributed by atoms with E-state index in [4.69, 9.17) is 4.74 Å². The number of hydrogen-bond acceptors (Lipinski definition) is 10. The van der Waals surface area contributed by atoms with Gasteiger partial charge in [-0.15, -0.1) is 21.5 Å². The summed E-state index contributed by atoms with van der Waals surface area (Å²) in [5.74, 6) is -0.137. The molecule has 1 N–H and O–H groups in total. The SMILES string of the molecule is COc1cccc(Nc2nnc(SCC(=O)C(C#N)c3nc(C)cs3)s2)c1. The third kappa shape index (κ3) is 5.03. The van der Waals surface area contributed by atoms with E-state index in [9.17, 15) is 10.1 Å². The fourth-order valence-electron chi connectivity index (χ4n) is 2.13. The van der Waals surface area contributed by atoms with E-state index in [2.05, 4.69) is 20.5 Å². The van der Waals surface area contributed by atoms with Crippen LogP contribution >= 0.6 is 34.4 Å². The van der Waals surface area contributed by atoms with Crippen LogP contribution < -0.4 is 10.1 Å². The minimum Gasteiger partial charge on any atom is -0.497 e. The molecule has 2 heterocycles. The van der Waals surface area contributed by atoms with E-state index in [1.807, 2.05) is 42.6 Å². The minimum atomic E-state index is -0.835. The lowest BCUT2D eigenvalue weighted by atomic mass is 10.1. The molecule has 0 amide bonds. The number of nitriles is 1. The summed E-state index contributed by atoms with van der Waals surface area (Å²) in [5, 5.41) is 23.6. The Kier molecular flexibility index (Phi) is 6.39. The Morgan fingerprint density at radius 2 is 2.30 bits per heavy atom. The molecule has 7 nitrogen and oxygen atoms in total. The normalized spacial score (nSPS) is 11.6. The minimum absolute atomic E-state index is 0.143. The summed E-state index contributed by atoms with van der Waals surface area (Å²) < 4.78 is 5.84. The first-order valence-corrected chi connectivity index (χ1v) is 10.5. The number of thiazole rings is 1. The molecular weight excluding hydrogens is 402 g/mol. The van der Waals surface area contributed by atoms with Gasteiger partial charge in [0.1, 0.15) is 10.8 Å². The molecule has 0 fully saturated rings. The highest BCUT2D eigenvalue weighted by Crippen LogP contribution is 2.30. The molecular formula is C17H15N5O2S3. The number of methoxy groups -OCH3 is 1. The summed E-state index contributed by atoms with van der Waals surface area (Å²) in [5.41, 5.74) is 1.65. The van der Waals surface area contributed by atoms with Crippen molar-refractivity contribution >= 4 is 51.0 Å². The number of ketones is 1. The molecule has 0 saturated heterocycles. The van der Waals surface area contributed by atoms with Crippen molar-refractivity contribution in [1.82, 2.24) is 15.2 Å². The van der Waals surface area contributed by atoms with Crippen LogP contribution in [0.4, 0.5) is 10.8 Å². The molecule has 138 valence electrons. The lowest BCUT2D eigenvalue weighted by Gasteiger charge is -2.04. The molecule has 0 aliphatic heterocycles. The van der Waals surface area contributed by atoms with Gasteiger partial charge in [0, 0.05) is 22.8 Å². The van der Waals surface area contributed by atoms with Crippen molar-refractivity contribution in [2.75, 3.05) is 18.2 Å². The maximum atomic E-state index is 12.4. The molecule has 2 aromatic heterocycles. The van der Waals surface area contributed by atoms with Crippen LogP contribution in [-0.2, 0) is 4.79 Å². The van der Waals surface area contributed by atoms with Crippen molar-refractivity contribution < 1.29 is 9.53 Å². The zero-order chi connectivity index (χ0) is 19.2. The Balaban J connectivity index is 1.59. The summed E-state index contributed by atoms with van der Waals surface area (Å²) in [4.78, 5) is 16.6. The smallest absolute Gasteiger partial charge is 0.210 e. The van der Waals surface area contributed by atoms with Gasteiger partial charge in [0.15, 0.2) is 16.0 Å². The predicted molar refractivity (Wildman–Crippen MR) is 107 cm³/mol. The summed E-state index contributed by atoms with van der Waals surface area (Å²) >= 11 is 3.94. The Hall–Kier alpha value is -2.48. The third-order valence-corrected chi connectivity index (χ3v) is 6.42. The average molecular weight is 418 g/mol. The summed E-state index contributed by atoms with van der Waals surface area (Å²) in [6, 6.07) is 9.52. The van der Waals surface area contributed by atoms with Crippen LogP contribution in [-0.4, -0.2) is 33.8 Å². The van der Waals surface area contributed by atoms with Crippen molar-refractivity contribution in [3.63, 3.8) is 0 Å². The lowest BCUT2D eigenvalue weighted by Crippen LogP contribution is -2.13. The van der Waals surface area contributed by atoms with E-state index >= 15 is 0 Å². The molecule has 1 unspecified atom stereocenters. The quantitative estimate of drug-likeness (QED) is 0.548. The molecule has 3 aromatic rings. The first kappa shape index (κ1) is 19.3. The number of benzene rings is 1. The van der Waals surface area contributed by atoms with Crippen molar-refractivity contribution in [3.8, 4) is 11.8 Å². The highest BCUT2D eigenvalue weighted by molar-refractivity contribution is 8.01. The van der Waals surface area contributed by atoms with Crippen molar-refractivity contribution in [2.45, 2.75) is 17.2 Å². The molecule has 0 spiro atoms. The van der Waals surface area contributed by atoms with E-state index < -0.39 is 5.92 Å². The topological polar surface area (TPSA) is 101 Å². The maximum absolute atomic E-state index is 12.4. The molecule has 27 heavy (non-hydrogen) atoms. The Labute approximate surface area is 168 Å². The highest BCUT2D eigenvalue weighted by Gasteiger charge is 2.23. The number of carbonyl (C=O) groups excluding carboxylic acids is 1. The second-order valence-corrected chi connectivity index (χ2v) is 8.46. The fraction of sp³-hybridized carbons (Fsp3) is 0.235. The van der Waals surface area contributed by atoms with Gasteiger partial charge in [-0.05, 0) is 19.1 Å². The van der Waals surface area contributed by atoms with Gasteiger partial charge in [-0.25, -0.2) is 4.98 Å². The monoisotopic (exact) mass is 417 g/mol. The molecule has 1 atom stereocenters. The third-order valence-electron chi connectivity index (χ3n) is 3.40. The lowest BCUT2D eigenvalue weighted by molar-refractivity contribution is -0.116. The van der Waals surface area contributed by atoms with Gasteiger partial charge in [-0.2, -0.15) is 5.26 Å².